The SMILES string of the molecule is COc1ccc(/C=C(\C)C(C)=O)cc1Br. The van der Waals surface area contributed by atoms with Gasteiger partial charge in [-0.2, -0.15) is 0 Å². The Labute approximate surface area is 98.1 Å². The fourth-order valence-electron chi connectivity index (χ4n) is 1.12. The number of hydrogen-bond donors (Lipinski definition) is 0. The molecule has 0 N–H and O–H groups in total. The number of halogens is 1. The molecule has 1 aromatic rings. The number of ether oxygens (including phenoxy) is 1. The molecule has 0 radical (unpaired) electrons. The van der Waals surface area contributed by atoms with Gasteiger partial charge >= 0.3 is 0 Å². The molecular formula is C12H13BrO2. The summed E-state index contributed by atoms with van der Waals surface area (Å²) in [5.41, 5.74) is 1.72. The molecule has 0 aliphatic rings. The van der Waals surface area contributed by atoms with Crippen molar-refractivity contribution in [2.45, 2.75) is 13.8 Å². The summed E-state index contributed by atoms with van der Waals surface area (Å²) in [6.45, 7) is 3.37. The lowest BCUT2D eigenvalue weighted by atomic mass is 10.1. The monoisotopic (exact) mass is 268 g/mol. The minimum atomic E-state index is 0.0851. The van der Waals surface area contributed by atoms with Crippen molar-refractivity contribution >= 4 is 27.8 Å². The number of allylic oxidation sites excluding steroid dienone is 1. The van der Waals surface area contributed by atoms with Crippen LogP contribution in [0, 0.1) is 0 Å². The van der Waals surface area contributed by atoms with E-state index in [0.29, 0.717) is 0 Å². The van der Waals surface area contributed by atoms with Crippen molar-refractivity contribution in [3.8, 4) is 5.75 Å². The van der Waals surface area contributed by atoms with Gasteiger partial charge in [-0.1, -0.05) is 6.07 Å². The zero-order chi connectivity index (χ0) is 11.4. The molecule has 0 bridgehead atoms. The predicted molar refractivity (Wildman–Crippen MR) is 65.0 cm³/mol. The van der Waals surface area contributed by atoms with Gasteiger partial charge in [-0.3, -0.25) is 4.79 Å². The number of carbonyl (C=O) groups excluding carboxylic acids is 1. The first-order chi connectivity index (χ1) is 7.04. The van der Waals surface area contributed by atoms with Crippen molar-refractivity contribution in [2.24, 2.45) is 0 Å². The van der Waals surface area contributed by atoms with Gasteiger partial charge < -0.3 is 4.74 Å². The lowest BCUT2D eigenvalue weighted by Gasteiger charge is -2.04. The van der Waals surface area contributed by atoms with Crippen molar-refractivity contribution in [3.63, 3.8) is 0 Å². The molecule has 0 atom stereocenters. The smallest absolute Gasteiger partial charge is 0.155 e. The van der Waals surface area contributed by atoms with Gasteiger partial charge in [0.25, 0.3) is 0 Å². The van der Waals surface area contributed by atoms with Gasteiger partial charge in [-0.15, -0.1) is 0 Å². The number of carbonyl (C=O) groups is 1. The average Bonchev–Trinajstić information content (AvgIpc) is 2.18. The van der Waals surface area contributed by atoms with Gasteiger partial charge in [0.15, 0.2) is 5.78 Å². The van der Waals surface area contributed by atoms with Crippen LogP contribution in [0.5, 0.6) is 5.75 Å². The Kier molecular flexibility index (Phi) is 4.09. The maximum Gasteiger partial charge on any atom is 0.155 e. The summed E-state index contributed by atoms with van der Waals surface area (Å²) in [5, 5.41) is 0. The summed E-state index contributed by atoms with van der Waals surface area (Å²) in [5.74, 6) is 0.870. The second-order valence-electron chi connectivity index (χ2n) is 3.28. The summed E-state index contributed by atoms with van der Waals surface area (Å²) in [7, 11) is 1.62. The summed E-state index contributed by atoms with van der Waals surface area (Å²) in [6.07, 6.45) is 1.85. The Balaban J connectivity index is 3.03. The molecule has 1 rings (SSSR count). The highest BCUT2D eigenvalue weighted by Gasteiger charge is 2.01. The molecule has 0 unspecified atom stereocenters. The Morgan fingerprint density at radius 1 is 1.40 bits per heavy atom. The standard InChI is InChI=1S/C12H13BrO2/c1-8(9(2)14)6-10-4-5-12(15-3)11(13)7-10/h4-7H,1-3H3/b8-6+. The van der Waals surface area contributed by atoms with Crippen LogP contribution < -0.4 is 4.74 Å². The van der Waals surface area contributed by atoms with Gasteiger partial charge in [-0.05, 0) is 59.1 Å². The molecule has 1 aromatic carbocycles. The molecule has 0 aliphatic carbocycles. The average molecular weight is 269 g/mol. The van der Waals surface area contributed by atoms with Crippen LogP contribution in [0.2, 0.25) is 0 Å². The summed E-state index contributed by atoms with van der Waals surface area (Å²) in [6, 6.07) is 5.70. The third kappa shape index (κ3) is 3.20. The molecule has 15 heavy (non-hydrogen) atoms. The van der Waals surface area contributed by atoms with Crippen LogP contribution in [-0.4, -0.2) is 12.9 Å². The Morgan fingerprint density at radius 3 is 2.53 bits per heavy atom. The first-order valence-corrected chi connectivity index (χ1v) is 5.36. The number of rotatable bonds is 3. The van der Waals surface area contributed by atoms with Crippen molar-refractivity contribution in [3.05, 3.63) is 33.8 Å². The minimum Gasteiger partial charge on any atom is -0.496 e. The van der Waals surface area contributed by atoms with E-state index in [4.69, 9.17) is 4.74 Å². The van der Waals surface area contributed by atoms with Gasteiger partial charge in [-0.25, -0.2) is 0 Å². The molecule has 0 aromatic heterocycles. The highest BCUT2D eigenvalue weighted by molar-refractivity contribution is 9.10. The highest BCUT2D eigenvalue weighted by atomic mass is 79.9. The number of benzene rings is 1. The Bertz CT molecular complexity index is 408. The lowest BCUT2D eigenvalue weighted by Crippen LogP contribution is -1.91. The van der Waals surface area contributed by atoms with Gasteiger partial charge in [0, 0.05) is 0 Å². The van der Waals surface area contributed by atoms with Crippen LogP contribution in [0.4, 0.5) is 0 Å². The molecule has 80 valence electrons. The Morgan fingerprint density at radius 2 is 2.07 bits per heavy atom. The van der Waals surface area contributed by atoms with Crippen molar-refractivity contribution < 1.29 is 9.53 Å². The van der Waals surface area contributed by atoms with Crippen LogP contribution in [0.3, 0.4) is 0 Å². The van der Waals surface area contributed by atoms with Crippen LogP contribution >= 0.6 is 15.9 Å². The third-order valence-electron chi connectivity index (χ3n) is 2.11. The maximum atomic E-state index is 11.1. The number of hydrogen-bond acceptors (Lipinski definition) is 2. The fourth-order valence-corrected chi connectivity index (χ4v) is 1.68. The second-order valence-corrected chi connectivity index (χ2v) is 4.13. The predicted octanol–water partition coefficient (Wildman–Crippen LogP) is 3.45. The summed E-state index contributed by atoms with van der Waals surface area (Å²) < 4.78 is 6.00. The highest BCUT2D eigenvalue weighted by Crippen LogP contribution is 2.26. The lowest BCUT2D eigenvalue weighted by molar-refractivity contribution is -0.113. The molecule has 2 nitrogen and oxygen atoms in total. The number of ketones is 1. The van der Waals surface area contributed by atoms with Crippen molar-refractivity contribution in [1.29, 1.82) is 0 Å². The zero-order valence-electron chi connectivity index (χ0n) is 9.00. The van der Waals surface area contributed by atoms with Crippen molar-refractivity contribution in [1.82, 2.24) is 0 Å². The Hall–Kier alpha value is -1.09. The van der Waals surface area contributed by atoms with E-state index in [9.17, 15) is 4.79 Å². The van der Waals surface area contributed by atoms with Crippen LogP contribution in [-0.2, 0) is 4.79 Å². The summed E-state index contributed by atoms with van der Waals surface area (Å²) in [4.78, 5) is 11.1. The molecule has 3 heteroatoms. The molecule has 0 saturated carbocycles. The first kappa shape index (κ1) is 12.0. The number of Topliss-reactive ketones (excluding diaryl/α,β-unsaturated/α-hetero) is 1. The minimum absolute atomic E-state index is 0.0851. The molecule has 0 saturated heterocycles. The number of methoxy groups -OCH3 is 1. The quantitative estimate of drug-likeness (QED) is 0.785. The normalized spacial score (nSPS) is 11.3. The van der Waals surface area contributed by atoms with Crippen molar-refractivity contribution in [2.75, 3.05) is 7.11 Å². The largest absolute Gasteiger partial charge is 0.496 e. The van der Waals surface area contributed by atoms with E-state index >= 15 is 0 Å². The van der Waals surface area contributed by atoms with E-state index in [1.165, 1.54) is 0 Å². The maximum absolute atomic E-state index is 11.1. The van der Waals surface area contributed by atoms with Gasteiger partial charge in [0.2, 0.25) is 0 Å². The van der Waals surface area contributed by atoms with E-state index in [1.54, 1.807) is 21.0 Å². The van der Waals surface area contributed by atoms with Crippen LogP contribution in [0.25, 0.3) is 6.08 Å². The van der Waals surface area contributed by atoms with E-state index in [1.807, 2.05) is 24.3 Å². The van der Waals surface area contributed by atoms with Crippen LogP contribution in [0.1, 0.15) is 19.4 Å². The van der Waals surface area contributed by atoms with E-state index < -0.39 is 0 Å². The second kappa shape index (κ2) is 5.12. The van der Waals surface area contributed by atoms with E-state index in [-0.39, 0.29) is 5.78 Å². The zero-order valence-corrected chi connectivity index (χ0v) is 10.6. The van der Waals surface area contributed by atoms with E-state index in [2.05, 4.69) is 15.9 Å². The fraction of sp³-hybridized carbons (Fsp3) is 0.250. The molecule has 0 fully saturated rings. The molecule has 0 amide bonds. The summed E-state index contributed by atoms with van der Waals surface area (Å²) >= 11 is 3.40. The first-order valence-electron chi connectivity index (χ1n) is 4.57. The van der Waals surface area contributed by atoms with Crippen LogP contribution in [0.15, 0.2) is 28.2 Å². The third-order valence-corrected chi connectivity index (χ3v) is 2.73. The molecule has 0 heterocycles. The molecular weight excluding hydrogens is 256 g/mol. The van der Waals surface area contributed by atoms with Gasteiger partial charge in [0.05, 0.1) is 11.6 Å². The topological polar surface area (TPSA) is 26.3 Å². The molecule has 0 spiro atoms. The van der Waals surface area contributed by atoms with Gasteiger partial charge in [0.1, 0.15) is 5.75 Å². The molecule has 0 aliphatic heterocycles. The van der Waals surface area contributed by atoms with E-state index in [0.717, 1.165) is 21.4 Å².